The molecule has 5 rings (SSSR count). The number of aromatic nitrogens is 2. The Hall–Kier alpha value is -4.03. The van der Waals surface area contributed by atoms with E-state index in [-0.39, 0.29) is 11.8 Å². The van der Waals surface area contributed by atoms with Crippen molar-refractivity contribution in [1.29, 1.82) is 0 Å². The second kappa shape index (κ2) is 11.4. The molecule has 1 saturated heterocycles. The maximum Gasteiger partial charge on any atom is 0.255 e. The molecule has 188 valence electrons. The van der Waals surface area contributed by atoms with E-state index >= 15 is 0 Å². The van der Waals surface area contributed by atoms with E-state index in [0.717, 1.165) is 66.5 Å². The molecule has 1 atom stereocenters. The summed E-state index contributed by atoms with van der Waals surface area (Å²) in [6, 6.07) is 24.2. The Labute approximate surface area is 218 Å². The molecule has 1 amide bonds. The number of carbonyl (C=O) groups is 1. The van der Waals surface area contributed by atoms with Gasteiger partial charge in [0.2, 0.25) is 0 Å². The third-order valence-corrected chi connectivity index (χ3v) is 6.73. The first kappa shape index (κ1) is 24.7. The third kappa shape index (κ3) is 6.22. The fourth-order valence-electron chi connectivity index (χ4n) is 4.65. The van der Waals surface area contributed by atoms with E-state index in [1.165, 1.54) is 5.69 Å². The minimum Gasteiger partial charge on any atom is -0.378 e. The first-order valence-electron chi connectivity index (χ1n) is 12.8. The van der Waals surface area contributed by atoms with Gasteiger partial charge in [0.1, 0.15) is 0 Å². The molecule has 1 N–H and O–H groups in total. The highest BCUT2D eigenvalue weighted by Gasteiger charge is 2.14. The van der Waals surface area contributed by atoms with E-state index in [4.69, 9.17) is 9.72 Å². The number of benzene rings is 3. The number of anilines is 2. The molecule has 0 spiro atoms. The van der Waals surface area contributed by atoms with Crippen molar-refractivity contribution < 1.29 is 9.53 Å². The molecule has 1 aliphatic rings. The third-order valence-electron chi connectivity index (χ3n) is 6.73. The summed E-state index contributed by atoms with van der Waals surface area (Å²) >= 11 is 0. The molecular weight excluding hydrogens is 460 g/mol. The van der Waals surface area contributed by atoms with Crippen LogP contribution in [-0.4, -0.2) is 42.2 Å². The maximum absolute atomic E-state index is 12.7. The summed E-state index contributed by atoms with van der Waals surface area (Å²) in [4.78, 5) is 24.4. The van der Waals surface area contributed by atoms with Crippen LogP contribution in [0.25, 0.3) is 11.3 Å². The average Bonchev–Trinajstić information content (AvgIpc) is 2.94. The lowest BCUT2D eigenvalue weighted by atomic mass is 9.95. The van der Waals surface area contributed by atoms with Crippen LogP contribution in [-0.2, 0) is 11.2 Å². The summed E-state index contributed by atoms with van der Waals surface area (Å²) in [6.45, 7) is 7.54. The Morgan fingerprint density at radius 2 is 1.78 bits per heavy atom. The number of carbonyl (C=O) groups excluding carboxylic acids is 1. The lowest BCUT2D eigenvalue weighted by Crippen LogP contribution is -2.36. The Morgan fingerprint density at radius 3 is 2.57 bits per heavy atom. The molecule has 1 fully saturated rings. The molecule has 2 heterocycles. The van der Waals surface area contributed by atoms with Crippen LogP contribution in [0.2, 0.25) is 0 Å². The van der Waals surface area contributed by atoms with Crippen molar-refractivity contribution in [2.45, 2.75) is 26.2 Å². The summed E-state index contributed by atoms with van der Waals surface area (Å²) in [6.07, 6.45) is 4.41. The van der Waals surface area contributed by atoms with Gasteiger partial charge >= 0.3 is 0 Å². The normalized spacial score (nSPS) is 14.3. The molecule has 0 saturated carbocycles. The lowest BCUT2D eigenvalue weighted by Gasteiger charge is -2.28. The first-order valence-corrected chi connectivity index (χ1v) is 12.8. The quantitative estimate of drug-likeness (QED) is 0.349. The Balaban J connectivity index is 1.25. The molecule has 0 aliphatic carbocycles. The molecule has 4 aromatic rings. The fraction of sp³-hybridized carbons (Fsp3) is 0.258. The minimum atomic E-state index is -0.105. The van der Waals surface area contributed by atoms with E-state index in [9.17, 15) is 4.79 Å². The van der Waals surface area contributed by atoms with Crippen molar-refractivity contribution in [2.24, 2.45) is 0 Å². The van der Waals surface area contributed by atoms with Crippen molar-refractivity contribution in [2.75, 3.05) is 36.5 Å². The van der Waals surface area contributed by atoms with Crippen LogP contribution in [0.3, 0.4) is 0 Å². The topological polar surface area (TPSA) is 67.4 Å². The first-order chi connectivity index (χ1) is 18.0. The molecule has 1 aliphatic heterocycles. The average molecular weight is 493 g/mol. The van der Waals surface area contributed by atoms with Crippen LogP contribution in [0.5, 0.6) is 0 Å². The van der Waals surface area contributed by atoms with Gasteiger partial charge in [0, 0.05) is 41.8 Å². The van der Waals surface area contributed by atoms with Crippen LogP contribution in [0.4, 0.5) is 11.4 Å². The molecule has 0 unspecified atom stereocenters. The van der Waals surface area contributed by atoms with Crippen molar-refractivity contribution in [3.05, 3.63) is 108 Å². The van der Waals surface area contributed by atoms with E-state index in [0.29, 0.717) is 5.56 Å². The molecule has 0 radical (unpaired) electrons. The molecule has 0 bridgehead atoms. The monoisotopic (exact) mass is 492 g/mol. The summed E-state index contributed by atoms with van der Waals surface area (Å²) in [5.74, 6) is 0.107. The van der Waals surface area contributed by atoms with Crippen molar-refractivity contribution in [3.8, 4) is 11.3 Å². The number of hydrogen-bond donors (Lipinski definition) is 1. The van der Waals surface area contributed by atoms with Gasteiger partial charge in [-0.15, -0.1) is 0 Å². The highest BCUT2D eigenvalue weighted by molar-refractivity contribution is 6.04. The number of aryl methyl sites for hydroxylation is 1. The second-order valence-electron chi connectivity index (χ2n) is 9.60. The van der Waals surface area contributed by atoms with E-state index in [1.54, 1.807) is 0 Å². The zero-order valence-corrected chi connectivity index (χ0v) is 21.4. The van der Waals surface area contributed by atoms with E-state index < -0.39 is 0 Å². The highest BCUT2D eigenvalue weighted by atomic mass is 16.5. The summed E-state index contributed by atoms with van der Waals surface area (Å²) in [5.41, 5.74) is 7.72. The van der Waals surface area contributed by atoms with Crippen LogP contribution < -0.4 is 10.2 Å². The Bertz CT molecular complexity index is 1360. The maximum atomic E-state index is 12.7. The predicted octanol–water partition coefficient (Wildman–Crippen LogP) is 5.89. The molecule has 1 aromatic heterocycles. The van der Waals surface area contributed by atoms with Crippen molar-refractivity contribution in [3.63, 3.8) is 0 Å². The largest absolute Gasteiger partial charge is 0.378 e. The molecule has 6 nitrogen and oxygen atoms in total. The van der Waals surface area contributed by atoms with Gasteiger partial charge in [0.15, 0.2) is 0 Å². The molecular formula is C31H32N4O2. The van der Waals surface area contributed by atoms with Gasteiger partial charge in [0.05, 0.1) is 30.8 Å². The van der Waals surface area contributed by atoms with E-state index in [1.807, 2.05) is 61.8 Å². The van der Waals surface area contributed by atoms with Gasteiger partial charge in [-0.25, -0.2) is 4.98 Å². The summed E-state index contributed by atoms with van der Waals surface area (Å²) in [7, 11) is 0. The van der Waals surface area contributed by atoms with E-state index in [2.05, 4.69) is 52.5 Å². The zero-order chi connectivity index (χ0) is 25.6. The Kier molecular flexibility index (Phi) is 7.57. The standard InChI is InChI=1S/C31H32N4O2/c1-22-5-3-7-26(17-22)31(36)34-27-8-4-6-25(19-27)23(2)18-28-20-32-21-30(33-28)24-9-11-29(12-10-24)35-13-15-37-16-14-35/h3-12,17,19-21,23H,13-16,18H2,1-2H3,(H,34,36)/t23-/m1/s1. The minimum absolute atomic E-state index is 0.105. The number of ether oxygens (including phenoxy) is 1. The molecule has 37 heavy (non-hydrogen) atoms. The highest BCUT2D eigenvalue weighted by Crippen LogP contribution is 2.25. The summed E-state index contributed by atoms with van der Waals surface area (Å²) < 4.78 is 5.46. The molecule has 3 aromatic carbocycles. The predicted molar refractivity (Wildman–Crippen MR) is 148 cm³/mol. The van der Waals surface area contributed by atoms with Gasteiger partial charge in [-0.3, -0.25) is 9.78 Å². The van der Waals surface area contributed by atoms with Gasteiger partial charge in [0.25, 0.3) is 5.91 Å². The van der Waals surface area contributed by atoms with Crippen molar-refractivity contribution >= 4 is 17.3 Å². The number of nitrogens with one attached hydrogen (secondary N) is 1. The van der Waals surface area contributed by atoms with Gasteiger partial charge in [-0.1, -0.05) is 48.9 Å². The number of morpholine rings is 1. The van der Waals surface area contributed by atoms with Crippen LogP contribution in [0.1, 0.15) is 40.0 Å². The van der Waals surface area contributed by atoms with Gasteiger partial charge in [-0.2, -0.15) is 0 Å². The smallest absolute Gasteiger partial charge is 0.255 e. The van der Waals surface area contributed by atoms with Gasteiger partial charge < -0.3 is 15.0 Å². The lowest BCUT2D eigenvalue weighted by molar-refractivity contribution is 0.102. The fourth-order valence-corrected chi connectivity index (χ4v) is 4.65. The Morgan fingerprint density at radius 1 is 1.00 bits per heavy atom. The number of nitrogens with zero attached hydrogens (tertiary/aromatic N) is 3. The number of hydrogen-bond acceptors (Lipinski definition) is 5. The number of amides is 1. The van der Waals surface area contributed by atoms with Gasteiger partial charge in [-0.05, 0) is 61.2 Å². The zero-order valence-electron chi connectivity index (χ0n) is 21.4. The summed E-state index contributed by atoms with van der Waals surface area (Å²) in [5, 5.41) is 3.03. The van der Waals surface area contributed by atoms with Crippen LogP contribution in [0, 0.1) is 6.92 Å². The van der Waals surface area contributed by atoms with Crippen LogP contribution >= 0.6 is 0 Å². The molecule has 6 heteroatoms. The van der Waals surface area contributed by atoms with Crippen LogP contribution in [0.15, 0.2) is 85.2 Å². The SMILES string of the molecule is Cc1cccc(C(=O)Nc2cccc([C@H](C)Cc3cncc(-c4ccc(N5CCOCC5)cc4)n3)c2)c1. The second-order valence-corrected chi connectivity index (χ2v) is 9.60. The number of rotatable bonds is 7. The van der Waals surface area contributed by atoms with Crippen molar-refractivity contribution in [1.82, 2.24) is 9.97 Å².